The molecule has 0 amide bonds. The van der Waals surface area contributed by atoms with Crippen LogP contribution in [0.5, 0.6) is 11.5 Å². The normalized spacial score (nSPS) is 12.4. The molecule has 0 atom stereocenters. The molecule has 6 nitrogen and oxygen atoms in total. The van der Waals surface area contributed by atoms with Crippen LogP contribution in [0.2, 0.25) is 0 Å². The highest BCUT2D eigenvalue weighted by molar-refractivity contribution is 5.73. The van der Waals surface area contributed by atoms with Crippen molar-refractivity contribution in [3.05, 3.63) is 58.8 Å². The first-order chi connectivity index (χ1) is 10.2. The topological polar surface area (TPSA) is 77.5 Å². The zero-order valence-electron chi connectivity index (χ0n) is 10.8. The first kappa shape index (κ1) is 11.8. The Labute approximate surface area is 118 Å². The molecule has 2 heterocycles. The van der Waals surface area contributed by atoms with Crippen molar-refractivity contribution in [2.45, 2.75) is 6.61 Å². The van der Waals surface area contributed by atoms with E-state index in [4.69, 9.17) is 4.74 Å². The van der Waals surface area contributed by atoms with Gasteiger partial charge in [0, 0.05) is 5.56 Å². The SMILES string of the molecule is O=c1onc2n1-c1cc(-c3ccccc3O)ccc1OC2. The molecule has 1 aliphatic heterocycles. The van der Waals surface area contributed by atoms with Crippen molar-refractivity contribution in [2.75, 3.05) is 0 Å². The molecule has 1 N–H and O–H groups in total. The minimum atomic E-state index is -0.552. The highest BCUT2D eigenvalue weighted by Crippen LogP contribution is 2.35. The fraction of sp³-hybridized carbons (Fsp3) is 0.0667. The van der Waals surface area contributed by atoms with Gasteiger partial charge in [-0.25, -0.2) is 9.36 Å². The van der Waals surface area contributed by atoms with E-state index in [1.54, 1.807) is 30.3 Å². The van der Waals surface area contributed by atoms with Gasteiger partial charge >= 0.3 is 5.76 Å². The van der Waals surface area contributed by atoms with E-state index >= 15 is 0 Å². The molecule has 2 aromatic carbocycles. The molecule has 0 fully saturated rings. The summed E-state index contributed by atoms with van der Waals surface area (Å²) in [5, 5.41) is 13.6. The number of ether oxygens (including phenoxy) is 1. The van der Waals surface area contributed by atoms with E-state index in [1.807, 2.05) is 12.1 Å². The predicted molar refractivity (Wildman–Crippen MR) is 73.5 cm³/mol. The highest BCUT2D eigenvalue weighted by atomic mass is 16.5. The Morgan fingerprint density at radius 2 is 2.05 bits per heavy atom. The summed E-state index contributed by atoms with van der Waals surface area (Å²) < 4.78 is 11.6. The van der Waals surface area contributed by atoms with Crippen LogP contribution in [0.25, 0.3) is 16.8 Å². The number of phenols is 1. The largest absolute Gasteiger partial charge is 0.507 e. The molecule has 0 saturated heterocycles. The van der Waals surface area contributed by atoms with Crippen molar-refractivity contribution in [1.82, 2.24) is 9.72 Å². The fourth-order valence-corrected chi connectivity index (χ4v) is 2.45. The molecule has 1 aliphatic rings. The van der Waals surface area contributed by atoms with Crippen molar-refractivity contribution < 1.29 is 14.4 Å². The third kappa shape index (κ3) is 1.73. The fourth-order valence-electron chi connectivity index (χ4n) is 2.45. The summed E-state index contributed by atoms with van der Waals surface area (Å²) in [4.78, 5) is 11.8. The van der Waals surface area contributed by atoms with Gasteiger partial charge in [-0.1, -0.05) is 29.4 Å². The Morgan fingerprint density at radius 3 is 2.90 bits per heavy atom. The van der Waals surface area contributed by atoms with Crippen LogP contribution in [-0.2, 0) is 6.61 Å². The maximum Gasteiger partial charge on any atom is 0.446 e. The molecule has 0 bridgehead atoms. The van der Waals surface area contributed by atoms with E-state index < -0.39 is 5.76 Å². The number of hydrogen-bond acceptors (Lipinski definition) is 5. The number of nitrogens with zero attached hydrogens (tertiary/aromatic N) is 2. The lowest BCUT2D eigenvalue weighted by Crippen LogP contribution is -2.21. The second kappa shape index (κ2) is 4.24. The molecule has 0 unspecified atom stereocenters. The molecule has 0 aliphatic carbocycles. The minimum absolute atomic E-state index is 0.173. The van der Waals surface area contributed by atoms with Crippen molar-refractivity contribution in [3.63, 3.8) is 0 Å². The van der Waals surface area contributed by atoms with E-state index in [1.165, 1.54) is 4.57 Å². The molecule has 6 heteroatoms. The molecule has 0 spiro atoms. The van der Waals surface area contributed by atoms with Crippen molar-refractivity contribution in [1.29, 1.82) is 0 Å². The summed E-state index contributed by atoms with van der Waals surface area (Å²) in [7, 11) is 0. The van der Waals surface area contributed by atoms with Gasteiger partial charge in [0.2, 0.25) is 0 Å². The van der Waals surface area contributed by atoms with Crippen LogP contribution in [-0.4, -0.2) is 14.8 Å². The average molecular weight is 282 g/mol. The Kier molecular flexibility index (Phi) is 2.38. The Morgan fingerprint density at radius 1 is 1.19 bits per heavy atom. The van der Waals surface area contributed by atoms with Gasteiger partial charge < -0.3 is 9.84 Å². The zero-order chi connectivity index (χ0) is 14.4. The first-order valence-electron chi connectivity index (χ1n) is 6.37. The highest BCUT2D eigenvalue weighted by Gasteiger charge is 2.22. The van der Waals surface area contributed by atoms with Crippen LogP contribution in [0.15, 0.2) is 51.8 Å². The summed E-state index contributed by atoms with van der Waals surface area (Å²) >= 11 is 0. The molecular weight excluding hydrogens is 272 g/mol. The van der Waals surface area contributed by atoms with Gasteiger partial charge in [-0.2, -0.15) is 0 Å². The molecule has 21 heavy (non-hydrogen) atoms. The Balaban J connectivity index is 1.95. The van der Waals surface area contributed by atoms with E-state index in [0.717, 1.165) is 5.56 Å². The monoisotopic (exact) mass is 282 g/mol. The number of para-hydroxylation sites is 1. The second-order valence-corrected chi connectivity index (χ2v) is 4.69. The Hall–Kier alpha value is -3.02. The van der Waals surface area contributed by atoms with E-state index in [0.29, 0.717) is 22.8 Å². The van der Waals surface area contributed by atoms with Crippen LogP contribution in [0, 0.1) is 0 Å². The van der Waals surface area contributed by atoms with Crippen LogP contribution >= 0.6 is 0 Å². The van der Waals surface area contributed by atoms with Crippen LogP contribution < -0.4 is 10.5 Å². The first-order valence-corrected chi connectivity index (χ1v) is 6.37. The summed E-state index contributed by atoms with van der Waals surface area (Å²) in [6, 6.07) is 12.4. The lowest BCUT2D eigenvalue weighted by Gasteiger charge is -2.18. The third-order valence-corrected chi connectivity index (χ3v) is 3.44. The number of aromatic hydroxyl groups is 1. The van der Waals surface area contributed by atoms with Gasteiger partial charge in [-0.15, -0.1) is 0 Å². The Bertz CT molecular complexity index is 895. The number of phenolic OH excluding ortho intramolecular Hbond substituents is 1. The number of rotatable bonds is 1. The number of fused-ring (bicyclic) bond motifs is 3. The molecule has 0 radical (unpaired) electrons. The summed E-state index contributed by atoms with van der Waals surface area (Å²) in [5.41, 5.74) is 2.01. The van der Waals surface area contributed by atoms with E-state index in [2.05, 4.69) is 9.68 Å². The van der Waals surface area contributed by atoms with Gasteiger partial charge in [0.25, 0.3) is 0 Å². The van der Waals surface area contributed by atoms with Crippen molar-refractivity contribution in [3.8, 4) is 28.3 Å². The molecule has 1 aromatic heterocycles. The van der Waals surface area contributed by atoms with Gasteiger partial charge in [-0.3, -0.25) is 4.52 Å². The minimum Gasteiger partial charge on any atom is -0.507 e. The predicted octanol–water partition coefficient (Wildman–Crippen LogP) is 2.09. The van der Waals surface area contributed by atoms with Crippen LogP contribution in [0.3, 0.4) is 0 Å². The maximum atomic E-state index is 11.8. The van der Waals surface area contributed by atoms with Gasteiger partial charge in [0.15, 0.2) is 12.4 Å². The number of aromatic nitrogens is 2. The van der Waals surface area contributed by atoms with Gasteiger partial charge in [0.05, 0.1) is 5.69 Å². The molecule has 4 rings (SSSR count). The summed E-state index contributed by atoms with van der Waals surface area (Å²) in [6.07, 6.45) is 0. The molecule has 3 aromatic rings. The lowest BCUT2D eigenvalue weighted by molar-refractivity contribution is 0.274. The lowest BCUT2D eigenvalue weighted by atomic mass is 10.0. The van der Waals surface area contributed by atoms with Crippen LogP contribution in [0.1, 0.15) is 5.82 Å². The van der Waals surface area contributed by atoms with Gasteiger partial charge in [0.1, 0.15) is 11.5 Å². The van der Waals surface area contributed by atoms with Crippen molar-refractivity contribution in [2.24, 2.45) is 0 Å². The smallest absolute Gasteiger partial charge is 0.446 e. The molecular formula is C15H10N2O4. The van der Waals surface area contributed by atoms with Crippen LogP contribution in [0.4, 0.5) is 0 Å². The van der Waals surface area contributed by atoms with Gasteiger partial charge in [-0.05, 0) is 23.8 Å². The maximum absolute atomic E-state index is 11.8. The average Bonchev–Trinajstić information content (AvgIpc) is 2.89. The standard InChI is InChI=1S/C15H10N2O4/c18-12-4-2-1-3-10(12)9-5-6-13-11(7-9)17-14(8-20-13)16-21-15(17)19/h1-7,18H,8H2. The third-order valence-electron chi connectivity index (χ3n) is 3.44. The summed E-state index contributed by atoms with van der Waals surface area (Å²) in [5.74, 6) is 0.616. The van der Waals surface area contributed by atoms with Crippen molar-refractivity contribution >= 4 is 0 Å². The van der Waals surface area contributed by atoms with E-state index in [9.17, 15) is 9.90 Å². The quantitative estimate of drug-likeness (QED) is 0.739. The number of hydrogen-bond donors (Lipinski definition) is 1. The number of benzene rings is 2. The molecule has 104 valence electrons. The zero-order valence-corrected chi connectivity index (χ0v) is 10.8. The second-order valence-electron chi connectivity index (χ2n) is 4.69. The summed E-state index contributed by atoms with van der Waals surface area (Å²) in [6.45, 7) is 0.189. The molecule has 0 saturated carbocycles. The van der Waals surface area contributed by atoms with E-state index in [-0.39, 0.29) is 12.4 Å².